The monoisotopic (exact) mass is 340 g/mol. The maximum atomic E-state index is 12.2. The first-order chi connectivity index (χ1) is 11.9. The lowest BCUT2D eigenvalue weighted by Gasteiger charge is -2.15. The van der Waals surface area contributed by atoms with Crippen LogP contribution in [0.5, 0.6) is 5.75 Å². The molecule has 4 nitrogen and oxygen atoms in total. The summed E-state index contributed by atoms with van der Waals surface area (Å²) < 4.78 is 5.75. The van der Waals surface area contributed by atoms with Gasteiger partial charge in [0.05, 0.1) is 0 Å². The molecule has 1 N–H and O–H groups in total. The molecule has 4 heteroatoms. The second kappa shape index (κ2) is 8.67. The highest BCUT2D eigenvalue weighted by Crippen LogP contribution is 2.24. The topological polar surface area (TPSA) is 41.6 Å². The number of benzene rings is 2. The van der Waals surface area contributed by atoms with E-state index in [0.717, 1.165) is 29.0 Å². The number of rotatable bonds is 7. The van der Waals surface area contributed by atoms with E-state index < -0.39 is 0 Å². The van der Waals surface area contributed by atoms with Crippen molar-refractivity contribution in [3.05, 3.63) is 64.2 Å². The van der Waals surface area contributed by atoms with E-state index in [2.05, 4.69) is 35.3 Å². The quantitative estimate of drug-likeness (QED) is 0.840. The van der Waals surface area contributed by atoms with Gasteiger partial charge in [-0.05, 0) is 57.1 Å². The number of carbonyl (C=O) groups excluding carboxylic acids is 1. The van der Waals surface area contributed by atoms with Crippen LogP contribution in [0.1, 0.15) is 27.8 Å². The van der Waals surface area contributed by atoms with Crippen LogP contribution in [0.3, 0.4) is 0 Å². The lowest BCUT2D eigenvalue weighted by atomic mass is 10.1. The molecule has 0 unspecified atom stereocenters. The van der Waals surface area contributed by atoms with Crippen LogP contribution >= 0.6 is 0 Å². The van der Waals surface area contributed by atoms with Gasteiger partial charge in [-0.25, -0.2) is 0 Å². The minimum atomic E-state index is -0.112. The second-order valence-corrected chi connectivity index (χ2v) is 6.80. The number of nitrogens with one attached hydrogen (secondary N) is 1. The predicted molar refractivity (Wildman–Crippen MR) is 102 cm³/mol. The van der Waals surface area contributed by atoms with Crippen LogP contribution in [0.4, 0.5) is 0 Å². The van der Waals surface area contributed by atoms with E-state index in [4.69, 9.17) is 4.74 Å². The SMILES string of the molecule is Cc1cc(C)c(OCC(=O)NCc2ccccc2CN(C)C)c(C)c1. The molecule has 0 aliphatic rings. The molecule has 2 rings (SSSR count). The molecule has 0 radical (unpaired) electrons. The zero-order valence-electron chi connectivity index (χ0n) is 15.8. The molecule has 1 amide bonds. The third-order valence-corrected chi connectivity index (χ3v) is 4.03. The Morgan fingerprint density at radius 1 is 1.04 bits per heavy atom. The van der Waals surface area contributed by atoms with Crippen LogP contribution in [0.25, 0.3) is 0 Å². The summed E-state index contributed by atoms with van der Waals surface area (Å²) in [5.74, 6) is 0.688. The Kier molecular flexibility index (Phi) is 6.59. The summed E-state index contributed by atoms with van der Waals surface area (Å²) in [5, 5.41) is 2.95. The van der Waals surface area contributed by atoms with E-state index in [1.54, 1.807) is 0 Å². The lowest BCUT2D eigenvalue weighted by Crippen LogP contribution is -2.29. The summed E-state index contributed by atoms with van der Waals surface area (Å²) in [5.41, 5.74) is 5.67. The largest absolute Gasteiger partial charge is 0.483 e. The van der Waals surface area contributed by atoms with Crippen molar-refractivity contribution in [3.63, 3.8) is 0 Å². The molecule has 0 heterocycles. The molecule has 0 aliphatic heterocycles. The summed E-state index contributed by atoms with van der Waals surface area (Å²) in [6, 6.07) is 12.3. The molecule has 2 aromatic carbocycles. The number of hydrogen-bond acceptors (Lipinski definition) is 3. The zero-order valence-corrected chi connectivity index (χ0v) is 15.8. The Hall–Kier alpha value is -2.33. The standard InChI is InChI=1S/C21H28N2O2/c1-15-10-16(2)21(17(3)11-15)25-14-20(24)22-12-18-8-6-7-9-19(18)13-23(4)5/h6-11H,12-14H2,1-5H3,(H,22,24). The van der Waals surface area contributed by atoms with Gasteiger partial charge in [0.2, 0.25) is 0 Å². The van der Waals surface area contributed by atoms with Crippen molar-refractivity contribution in [3.8, 4) is 5.75 Å². The van der Waals surface area contributed by atoms with Crippen molar-refractivity contribution >= 4 is 5.91 Å². The van der Waals surface area contributed by atoms with Crippen LogP contribution < -0.4 is 10.1 Å². The van der Waals surface area contributed by atoms with Crippen LogP contribution in [-0.2, 0) is 17.9 Å². The fraction of sp³-hybridized carbons (Fsp3) is 0.381. The molecule has 0 saturated heterocycles. The summed E-state index contributed by atoms with van der Waals surface area (Å²) >= 11 is 0. The number of aryl methyl sites for hydroxylation is 3. The summed E-state index contributed by atoms with van der Waals surface area (Å²) in [4.78, 5) is 14.3. The van der Waals surface area contributed by atoms with Crippen LogP contribution in [0, 0.1) is 20.8 Å². The Labute approximate surface area is 150 Å². The average Bonchev–Trinajstić information content (AvgIpc) is 2.52. The van der Waals surface area contributed by atoms with Crippen LogP contribution in [-0.4, -0.2) is 31.5 Å². The van der Waals surface area contributed by atoms with Crippen LogP contribution in [0.2, 0.25) is 0 Å². The fourth-order valence-corrected chi connectivity index (χ4v) is 3.00. The van der Waals surface area contributed by atoms with E-state index in [-0.39, 0.29) is 12.5 Å². The molecular formula is C21H28N2O2. The molecule has 134 valence electrons. The molecular weight excluding hydrogens is 312 g/mol. The number of nitrogens with zero attached hydrogens (tertiary/aromatic N) is 1. The molecule has 0 spiro atoms. The Balaban J connectivity index is 1.92. The van der Waals surface area contributed by atoms with Gasteiger partial charge >= 0.3 is 0 Å². The Bertz CT molecular complexity index is 715. The van der Waals surface area contributed by atoms with Gasteiger partial charge in [0, 0.05) is 13.1 Å². The van der Waals surface area contributed by atoms with Gasteiger partial charge in [-0.2, -0.15) is 0 Å². The maximum Gasteiger partial charge on any atom is 0.258 e. The normalized spacial score (nSPS) is 10.8. The molecule has 2 aromatic rings. The molecule has 0 saturated carbocycles. The number of ether oxygens (including phenoxy) is 1. The molecule has 25 heavy (non-hydrogen) atoms. The maximum absolute atomic E-state index is 12.2. The van der Waals surface area contributed by atoms with Crippen molar-refractivity contribution in [2.24, 2.45) is 0 Å². The highest BCUT2D eigenvalue weighted by molar-refractivity contribution is 5.77. The molecule has 0 bridgehead atoms. The lowest BCUT2D eigenvalue weighted by molar-refractivity contribution is -0.123. The first-order valence-corrected chi connectivity index (χ1v) is 8.55. The van der Waals surface area contributed by atoms with Gasteiger partial charge < -0.3 is 15.0 Å². The Morgan fingerprint density at radius 3 is 2.24 bits per heavy atom. The minimum Gasteiger partial charge on any atom is -0.483 e. The third kappa shape index (κ3) is 5.61. The van der Waals surface area contributed by atoms with Crippen LogP contribution in [0.15, 0.2) is 36.4 Å². The summed E-state index contributed by atoms with van der Waals surface area (Å²) in [7, 11) is 4.07. The molecule has 0 aromatic heterocycles. The van der Waals surface area contributed by atoms with Gasteiger partial charge in [0.25, 0.3) is 5.91 Å². The highest BCUT2D eigenvalue weighted by atomic mass is 16.5. The van der Waals surface area contributed by atoms with Gasteiger partial charge in [0.15, 0.2) is 6.61 Å². The van der Waals surface area contributed by atoms with Gasteiger partial charge in [-0.1, -0.05) is 42.0 Å². The second-order valence-electron chi connectivity index (χ2n) is 6.80. The third-order valence-electron chi connectivity index (χ3n) is 4.03. The van der Waals surface area contributed by atoms with E-state index in [0.29, 0.717) is 6.54 Å². The highest BCUT2D eigenvalue weighted by Gasteiger charge is 2.09. The smallest absolute Gasteiger partial charge is 0.258 e. The number of carbonyl (C=O) groups is 1. The minimum absolute atomic E-state index is 0.0284. The first-order valence-electron chi connectivity index (χ1n) is 8.55. The van der Waals surface area contributed by atoms with E-state index >= 15 is 0 Å². The van der Waals surface area contributed by atoms with Gasteiger partial charge in [0.1, 0.15) is 5.75 Å². The summed E-state index contributed by atoms with van der Waals surface area (Å²) in [6.45, 7) is 7.46. The van der Waals surface area contributed by atoms with E-state index in [1.807, 2.05) is 46.1 Å². The first kappa shape index (κ1) is 19.0. The molecule has 0 aliphatic carbocycles. The van der Waals surface area contributed by atoms with Gasteiger partial charge in [-0.3, -0.25) is 4.79 Å². The Morgan fingerprint density at radius 2 is 1.64 bits per heavy atom. The summed E-state index contributed by atoms with van der Waals surface area (Å²) in [6.07, 6.45) is 0. The molecule has 0 atom stereocenters. The zero-order chi connectivity index (χ0) is 18.4. The van der Waals surface area contributed by atoms with Gasteiger partial charge in [-0.15, -0.1) is 0 Å². The van der Waals surface area contributed by atoms with Crippen molar-refractivity contribution in [1.82, 2.24) is 10.2 Å². The average molecular weight is 340 g/mol. The van der Waals surface area contributed by atoms with Crippen molar-refractivity contribution in [2.45, 2.75) is 33.9 Å². The predicted octanol–water partition coefficient (Wildman–Crippen LogP) is 3.37. The van der Waals surface area contributed by atoms with Crippen molar-refractivity contribution < 1.29 is 9.53 Å². The number of hydrogen-bond donors (Lipinski definition) is 1. The van der Waals surface area contributed by atoms with Crippen molar-refractivity contribution in [1.29, 1.82) is 0 Å². The number of amides is 1. The fourth-order valence-electron chi connectivity index (χ4n) is 3.00. The van der Waals surface area contributed by atoms with E-state index in [1.165, 1.54) is 11.1 Å². The molecule has 0 fully saturated rings. The van der Waals surface area contributed by atoms with E-state index in [9.17, 15) is 4.79 Å². The van der Waals surface area contributed by atoms with Crippen molar-refractivity contribution in [2.75, 3.05) is 20.7 Å².